The molecular weight excluding hydrogens is 337 g/mol. The van der Waals surface area contributed by atoms with Gasteiger partial charge >= 0.3 is 0 Å². The van der Waals surface area contributed by atoms with Crippen molar-refractivity contribution in [1.29, 1.82) is 0 Å². The second-order valence-electron chi connectivity index (χ2n) is 5.32. The summed E-state index contributed by atoms with van der Waals surface area (Å²) in [5.41, 5.74) is 2.02. The van der Waals surface area contributed by atoms with Crippen LogP contribution in [0.4, 0.5) is 10.1 Å². The first kappa shape index (κ1) is 15.4. The monoisotopic (exact) mass is 349 g/mol. The summed E-state index contributed by atoms with van der Waals surface area (Å²) in [4.78, 5) is 20.8. The van der Waals surface area contributed by atoms with Gasteiger partial charge in [0.05, 0.1) is 15.9 Å². The second-order valence-corrected chi connectivity index (χ2v) is 6.35. The molecule has 2 heterocycles. The van der Waals surface area contributed by atoms with E-state index in [9.17, 15) is 9.18 Å². The zero-order valence-corrected chi connectivity index (χ0v) is 13.8. The molecular formula is C19H12FN3OS. The third-order valence-electron chi connectivity index (χ3n) is 3.67. The quantitative estimate of drug-likeness (QED) is 0.581. The number of nitrogens with one attached hydrogen (secondary N) is 1. The Morgan fingerprint density at radius 2 is 1.80 bits per heavy atom. The molecule has 2 aromatic heterocycles. The third kappa shape index (κ3) is 2.99. The van der Waals surface area contributed by atoms with Crippen LogP contribution in [-0.4, -0.2) is 15.9 Å². The summed E-state index contributed by atoms with van der Waals surface area (Å²) in [6, 6.07) is 17.8. The minimum Gasteiger partial charge on any atom is -0.320 e. The number of carbonyl (C=O) groups excluding carboxylic acids is 1. The van der Waals surface area contributed by atoms with Gasteiger partial charge in [0.1, 0.15) is 5.01 Å². The summed E-state index contributed by atoms with van der Waals surface area (Å²) >= 11 is 1.54. The highest BCUT2D eigenvalue weighted by Gasteiger charge is 2.16. The van der Waals surface area contributed by atoms with Crippen LogP contribution in [0.2, 0.25) is 0 Å². The molecule has 122 valence electrons. The maximum Gasteiger partial charge on any atom is 0.277 e. The third-order valence-corrected chi connectivity index (χ3v) is 4.74. The lowest BCUT2D eigenvalue weighted by Gasteiger charge is -2.09. The number of nitrogens with zero attached hydrogens (tertiary/aromatic N) is 2. The Morgan fingerprint density at radius 1 is 1.00 bits per heavy atom. The van der Waals surface area contributed by atoms with Crippen molar-refractivity contribution < 1.29 is 9.18 Å². The highest BCUT2D eigenvalue weighted by atomic mass is 32.1. The molecule has 0 aliphatic rings. The SMILES string of the molecule is O=C(Nc1ccccc1-c1nc2ccccc2s1)c1ncccc1F. The van der Waals surface area contributed by atoms with Gasteiger partial charge in [-0.15, -0.1) is 11.3 Å². The lowest BCUT2D eigenvalue weighted by atomic mass is 10.2. The molecule has 0 fully saturated rings. The van der Waals surface area contributed by atoms with E-state index in [1.54, 1.807) is 12.1 Å². The molecule has 1 amide bonds. The van der Waals surface area contributed by atoms with Crippen LogP contribution in [0.3, 0.4) is 0 Å². The molecule has 0 radical (unpaired) electrons. The molecule has 6 heteroatoms. The second kappa shape index (κ2) is 6.41. The fourth-order valence-corrected chi connectivity index (χ4v) is 3.51. The summed E-state index contributed by atoms with van der Waals surface area (Å²) in [5.74, 6) is -1.25. The van der Waals surface area contributed by atoms with E-state index in [0.29, 0.717) is 5.69 Å². The molecule has 0 unspecified atom stereocenters. The minimum absolute atomic E-state index is 0.235. The number of hydrogen-bond acceptors (Lipinski definition) is 4. The largest absolute Gasteiger partial charge is 0.320 e. The minimum atomic E-state index is -0.655. The molecule has 4 nitrogen and oxygen atoms in total. The summed E-state index contributed by atoms with van der Waals surface area (Å²) < 4.78 is 14.8. The maximum atomic E-state index is 13.8. The van der Waals surface area contributed by atoms with E-state index < -0.39 is 11.7 Å². The van der Waals surface area contributed by atoms with Crippen molar-refractivity contribution >= 4 is 33.1 Å². The van der Waals surface area contributed by atoms with Crippen LogP contribution in [0, 0.1) is 5.82 Å². The zero-order valence-electron chi connectivity index (χ0n) is 12.9. The van der Waals surface area contributed by atoms with Crippen LogP contribution in [0.5, 0.6) is 0 Å². The first-order chi connectivity index (χ1) is 12.2. The van der Waals surface area contributed by atoms with Crippen LogP contribution in [0.25, 0.3) is 20.8 Å². The lowest BCUT2D eigenvalue weighted by molar-refractivity contribution is 0.101. The number of rotatable bonds is 3. The van der Waals surface area contributed by atoms with Gasteiger partial charge in [-0.1, -0.05) is 24.3 Å². The molecule has 0 spiro atoms. The number of aromatic nitrogens is 2. The van der Waals surface area contributed by atoms with Gasteiger partial charge in [0, 0.05) is 11.8 Å². The average Bonchev–Trinajstić information content (AvgIpc) is 3.06. The van der Waals surface area contributed by atoms with Gasteiger partial charge in [-0.05, 0) is 36.4 Å². The molecule has 0 saturated heterocycles. The van der Waals surface area contributed by atoms with Crippen molar-refractivity contribution in [3.8, 4) is 10.6 Å². The predicted octanol–water partition coefficient (Wildman–Crippen LogP) is 4.75. The average molecular weight is 349 g/mol. The van der Waals surface area contributed by atoms with Crippen LogP contribution in [-0.2, 0) is 0 Å². The molecule has 0 aliphatic carbocycles. The molecule has 4 aromatic rings. The van der Waals surface area contributed by atoms with Crippen LogP contribution < -0.4 is 5.32 Å². The Hall–Kier alpha value is -3.12. The van der Waals surface area contributed by atoms with E-state index in [0.717, 1.165) is 20.8 Å². The van der Waals surface area contributed by atoms with Crippen molar-refractivity contribution in [1.82, 2.24) is 9.97 Å². The van der Waals surface area contributed by atoms with Gasteiger partial charge in [-0.2, -0.15) is 0 Å². The van der Waals surface area contributed by atoms with Crippen molar-refractivity contribution in [3.05, 3.63) is 78.4 Å². The molecule has 0 aliphatic heterocycles. The Labute approximate surface area is 147 Å². The Kier molecular flexibility index (Phi) is 3.95. The number of hydrogen-bond donors (Lipinski definition) is 1. The van der Waals surface area contributed by atoms with E-state index in [1.807, 2.05) is 36.4 Å². The van der Waals surface area contributed by atoms with E-state index in [-0.39, 0.29) is 5.69 Å². The normalized spacial score (nSPS) is 10.8. The Bertz CT molecular complexity index is 1040. The van der Waals surface area contributed by atoms with E-state index in [4.69, 9.17) is 0 Å². The maximum absolute atomic E-state index is 13.8. The number of fused-ring (bicyclic) bond motifs is 1. The van der Waals surface area contributed by atoms with Crippen LogP contribution in [0.1, 0.15) is 10.5 Å². The molecule has 1 N–H and O–H groups in total. The summed E-state index contributed by atoms with van der Waals surface area (Å²) in [6.07, 6.45) is 1.39. The molecule has 4 rings (SSSR count). The molecule has 25 heavy (non-hydrogen) atoms. The summed E-state index contributed by atoms with van der Waals surface area (Å²) in [7, 11) is 0. The van der Waals surface area contributed by atoms with E-state index >= 15 is 0 Å². The number of para-hydroxylation sites is 2. The van der Waals surface area contributed by atoms with Gasteiger partial charge < -0.3 is 5.32 Å². The number of benzene rings is 2. The van der Waals surface area contributed by atoms with Gasteiger partial charge in [-0.25, -0.2) is 14.4 Å². The number of anilines is 1. The van der Waals surface area contributed by atoms with Crippen molar-refractivity contribution in [3.63, 3.8) is 0 Å². The fourth-order valence-electron chi connectivity index (χ4n) is 2.50. The summed E-state index contributed by atoms with van der Waals surface area (Å²) in [6.45, 7) is 0. The molecule has 0 saturated carbocycles. The van der Waals surface area contributed by atoms with E-state index in [1.165, 1.54) is 29.7 Å². The van der Waals surface area contributed by atoms with Gasteiger partial charge in [0.25, 0.3) is 5.91 Å². The molecule has 0 atom stereocenters. The standard InChI is InChI=1S/C19H12FN3OS/c20-13-7-5-11-21-17(13)18(24)22-14-8-2-1-6-12(14)19-23-15-9-3-4-10-16(15)25-19/h1-11H,(H,22,24). The number of pyridine rings is 1. The number of halogens is 1. The number of thiazole rings is 1. The smallest absolute Gasteiger partial charge is 0.277 e. The highest BCUT2D eigenvalue weighted by Crippen LogP contribution is 2.34. The molecule has 0 bridgehead atoms. The van der Waals surface area contributed by atoms with Crippen molar-refractivity contribution in [2.75, 3.05) is 5.32 Å². The number of carbonyl (C=O) groups is 1. The Morgan fingerprint density at radius 3 is 2.64 bits per heavy atom. The highest BCUT2D eigenvalue weighted by molar-refractivity contribution is 7.21. The van der Waals surface area contributed by atoms with Gasteiger partial charge in [-0.3, -0.25) is 4.79 Å². The lowest BCUT2D eigenvalue weighted by Crippen LogP contribution is -2.16. The number of amides is 1. The van der Waals surface area contributed by atoms with Crippen LogP contribution >= 0.6 is 11.3 Å². The summed E-state index contributed by atoms with van der Waals surface area (Å²) in [5, 5.41) is 3.53. The first-order valence-electron chi connectivity index (χ1n) is 7.59. The van der Waals surface area contributed by atoms with Crippen molar-refractivity contribution in [2.45, 2.75) is 0 Å². The Balaban J connectivity index is 1.72. The van der Waals surface area contributed by atoms with E-state index in [2.05, 4.69) is 15.3 Å². The fraction of sp³-hybridized carbons (Fsp3) is 0. The topological polar surface area (TPSA) is 54.9 Å². The van der Waals surface area contributed by atoms with Crippen molar-refractivity contribution in [2.24, 2.45) is 0 Å². The zero-order chi connectivity index (χ0) is 17.2. The van der Waals surface area contributed by atoms with Crippen LogP contribution in [0.15, 0.2) is 66.9 Å². The van der Waals surface area contributed by atoms with Gasteiger partial charge in [0.2, 0.25) is 0 Å². The molecule has 2 aromatic carbocycles. The first-order valence-corrected chi connectivity index (χ1v) is 8.41. The van der Waals surface area contributed by atoms with Gasteiger partial charge in [0.15, 0.2) is 11.5 Å². The predicted molar refractivity (Wildman–Crippen MR) is 97.2 cm³/mol.